The van der Waals surface area contributed by atoms with Crippen molar-refractivity contribution in [1.29, 1.82) is 0 Å². The molecule has 0 rings (SSSR count). The lowest BCUT2D eigenvalue weighted by atomic mass is 10.1. The number of hydrogen-bond acceptors (Lipinski definition) is 2. The van der Waals surface area contributed by atoms with Gasteiger partial charge in [-0.3, -0.25) is 0 Å². The summed E-state index contributed by atoms with van der Waals surface area (Å²) >= 11 is 0. The minimum atomic E-state index is -5.33. The number of rotatable bonds is 3. The van der Waals surface area contributed by atoms with Crippen LogP contribution in [0.5, 0.6) is 0 Å². The molecular weight excluding hydrogens is 210 g/mol. The average Bonchev–Trinajstić information content (AvgIpc) is 1.93. The van der Waals surface area contributed by atoms with E-state index in [-0.39, 0.29) is 17.8 Å². The molecule has 15 heavy (non-hydrogen) atoms. The van der Waals surface area contributed by atoms with E-state index < -0.39 is 18.8 Å². The van der Waals surface area contributed by atoms with Gasteiger partial charge in [0.1, 0.15) is 5.60 Å². The first-order valence-corrected chi connectivity index (χ1v) is 4.77. The second-order valence-corrected chi connectivity index (χ2v) is 4.21. The monoisotopic (exact) mass is 226 g/mol. The first-order chi connectivity index (χ1) is 6.58. The molecular formula is C8H16BF3NO2-. The van der Waals surface area contributed by atoms with Crippen LogP contribution in [0.3, 0.4) is 0 Å². The lowest BCUT2D eigenvalue weighted by molar-refractivity contribution is 0.0319. The Kier molecular flexibility index (Phi) is 4.49. The third-order valence-corrected chi connectivity index (χ3v) is 1.45. The molecule has 3 nitrogen and oxygen atoms in total. The van der Waals surface area contributed by atoms with Gasteiger partial charge >= 0.3 is 13.2 Å². The minimum Gasteiger partial charge on any atom is -0.446 e. The highest BCUT2D eigenvalue weighted by molar-refractivity contribution is 6.58. The zero-order valence-electron chi connectivity index (χ0n) is 9.39. The van der Waals surface area contributed by atoms with Crippen LogP contribution in [0.1, 0.15) is 34.1 Å². The summed E-state index contributed by atoms with van der Waals surface area (Å²) in [7, 11) is -5.33. The highest BCUT2D eigenvalue weighted by Crippen LogP contribution is 2.19. The summed E-state index contributed by atoms with van der Waals surface area (Å²) in [5, 5.41) is 0. The van der Waals surface area contributed by atoms with Crippen molar-refractivity contribution in [2.24, 2.45) is 0 Å². The van der Waals surface area contributed by atoms with Crippen molar-refractivity contribution in [3.05, 3.63) is 0 Å². The van der Waals surface area contributed by atoms with Gasteiger partial charge < -0.3 is 22.5 Å². The topological polar surface area (TPSA) is 29.5 Å². The van der Waals surface area contributed by atoms with Gasteiger partial charge in [-0.05, 0) is 33.7 Å². The Labute approximate surface area is 87.7 Å². The van der Waals surface area contributed by atoms with Crippen molar-refractivity contribution in [3.63, 3.8) is 0 Å². The smallest absolute Gasteiger partial charge is 0.446 e. The number of carbonyl (C=O) groups excluding carboxylic acids is 1. The third-order valence-electron chi connectivity index (χ3n) is 1.45. The highest BCUT2D eigenvalue weighted by atomic mass is 19.4. The molecule has 0 aromatic heterocycles. The van der Waals surface area contributed by atoms with E-state index in [0.717, 1.165) is 0 Å². The summed E-state index contributed by atoms with van der Waals surface area (Å²) in [5.41, 5.74) is -0.912. The normalized spacial score (nSPS) is 12.5. The van der Waals surface area contributed by atoms with Crippen LogP contribution in [0.4, 0.5) is 17.7 Å². The third kappa shape index (κ3) is 5.54. The number of carbonyl (C=O) groups is 1. The molecule has 0 saturated carbocycles. The number of halogens is 3. The van der Waals surface area contributed by atoms with Crippen molar-refractivity contribution in [1.82, 2.24) is 4.81 Å². The van der Waals surface area contributed by atoms with E-state index in [4.69, 9.17) is 0 Å². The standard InChI is InChI=1S/C8H16BF3NO2/c1-5-6-13(9(10,11)12)7(14)15-8(2,3)4/h5-6H2,1-4H3/q-1. The predicted octanol–water partition coefficient (Wildman–Crippen LogP) is 2.98. The lowest BCUT2D eigenvalue weighted by Crippen LogP contribution is -2.49. The van der Waals surface area contributed by atoms with Crippen molar-refractivity contribution in [2.75, 3.05) is 6.54 Å². The van der Waals surface area contributed by atoms with Crippen LogP contribution in [0.2, 0.25) is 0 Å². The Morgan fingerprint density at radius 2 is 1.80 bits per heavy atom. The lowest BCUT2D eigenvalue weighted by Gasteiger charge is -2.34. The SMILES string of the molecule is CCCN(C(=O)OC(C)(C)C)[B-](F)(F)F. The number of amides is 1. The first kappa shape index (κ1) is 14.1. The molecule has 0 atom stereocenters. The van der Waals surface area contributed by atoms with Gasteiger partial charge in [0.05, 0.1) is 0 Å². The Morgan fingerprint density at radius 1 is 1.33 bits per heavy atom. The molecule has 0 unspecified atom stereocenters. The van der Waals surface area contributed by atoms with Crippen LogP contribution < -0.4 is 0 Å². The maximum absolute atomic E-state index is 12.4. The van der Waals surface area contributed by atoms with Gasteiger partial charge in [0.25, 0.3) is 0 Å². The van der Waals surface area contributed by atoms with E-state index >= 15 is 0 Å². The highest BCUT2D eigenvalue weighted by Gasteiger charge is 2.38. The van der Waals surface area contributed by atoms with Crippen LogP contribution in [0, 0.1) is 0 Å². The van der Waals surface area contributed by atoms with Gasteiger partial charge in [0.2, 0.25) is 0 Å². The van der Waals surface area contributed by atoms with Crippen molar-refractivity contribution in [3.8, 4) is 0 Å². The fraction of sp³-hybridized carbons (Fsp3) is 0.875. The quantitative estimate of drug-likeness (QED) is 0.692. The van der Waals surface area contributed by atoms with Crippen LogP contribution in [0.25, 0.3) is 0 Å². The van der Waals surface area contributed by atoms with Crippen LogP contribution in [0.15, 0.2) is 0 Å². The van der Waals surface area contributed by atoms with Crippen molar-refractivity contribution >= 4 is 13.2 Å². The van der Waals surface area contributed by atoms with Gasteiger partial charge in [-0.25, -0.2) is 4.79 Å². The van der Waals surface area contributed by atoms with Gasteiger partial charge in [-0.2, -0.15) is 0 Å². The summed E-state index contributed by atoms with van der Waals surface area (Å²) in [4.78, 5) is 11.0. The molecule has 0 radical (unpaired) electrons. The Balaban J connectivity index is 4.58. The Bertz CT molecular complexity index is 225. The van der Waals surface area contributed by atoms with Gasteiger partial charge in [0.15, 0.2) is 0 Å². The summed E-state index contributed by atoms with van der Waals surface area (Å²) in [5.74, 6) is 0. The first-order valence-electron chi connectivity index (χ1n) is 4.77. The van der Waals surface area contributed by atoms with Crippen molar-refractivity contribution in [2.45, 2.75) is 39.7 Å². The molecule has 0 fully saturated rings. The summed E-state index contributed by atoms with van der Waals surface area (Å²) in [6, 6.07) is 0. The van der Waals surface area contributed by atoms with Crippen molar-refractivity contribution < 1.29 is 22.5 Å². The predicted molar refractivity (Wildman–Crippen MR) is 52.3 cm³/mol. The van der Waals surface area contributed by atoms with E-state index in [2.05, 4.69) is 4.74 Å². The second kappa shape index (κ2) is 4.76. The zero-order chi connectivity index (χ0) is 12.3. The molecule has 0 aromatic rings. The van der Waals surface area contributed by atoms with Gasteiger partial charge in [0, 0.05) is 0 Å². The zero-order valence-corrected chi connectivity index (χ0v) is 9.39. The molecule has 1 amide bonds. The summed E-state index contributed by atoms with van der Waals surface area (Å²) in [6.07, 6.45) is -1.09. The van der Waals surface area contributed by atoms with Gasteiger partial charge in [-0.15, -0.1) is 0 Å². The molecule has 0 heterocycles. The molecule has 90 valence electrons. The summed E-state index contributed by atoms with van der Waals surface area (Å²) in [6.45, 7) is 5.78. The Morgan fingerprint density at radius 3 is 2.07 bits per heavy atom. The number of hydrogen-bond donors (Lipinski definition) is 0. The maximum Gasteiger partial charge on any atom is 0.602 e. The molecule has 0 aliphatic carbocycles. The molecule has 0 aromatic carbocycles. The molecule has 0 aliphatic rings. The average molecular weight is 226 g/mol. The molecule has 0 N–H and O–H groups in total. The largest absolute Gasteiger partial charge is 0.602 e. The van der Waals surface area contributed by atoms with E-state index in [1.54, 1.807) is 6.92 Å². The van der Waals surface area contributed by atoms with Crippen LogP contribution >= 0.6 is 0 Å². The molecule has 7 heteroatoms. The van der Waals surface area contributed by atoms with Crippen LogP contribution in [-0.4, -0.2) is 30.2 Å². The molecule has 0 aliphatic heterocycles. The van der Waals surface area contributed by atoms with Gasteiger partial charge in [-0.1, -0.05) is 6.92 Å². The van der Waals surface area contributed by atoms with E-state index in [9.17, 15) is 17.7 Å². The number of nitrogens with zero attached hydrogens (tertiary/aromatic N) is 1. The minimum absolute atomic E-state index is 0.161. The fourth-order valence-electron chi connectivity index (χ4n) is 0.919. The fourth-order valence-corrected chi connectivity index (χ4v) is 0.919. The van der Waals surface area contributed by atoms with E-state index in [1.807, 2.05) is 0 Å². The molecule has 0 bridgehead atoms. The van der Waals surface area contributed by atoms with Crippen LogP contribution in [-0.2, 0) is 4.74 Å². The molecule has 0 saturated heterocycles. The Hall–Kier alpha value is -0.875. The second-order valence-electron chi connectivity index (χ2n) is 4.21. The van der Waals surface area contributed by atoms with E-state index in [0.29, 0.717) is 0 Å². The maximum atomic E-state index is 12.4. The van der Waals surface area contributed by atoms with E-state index in [1.165, 1.54) is 20.8 Å². The molecule has 0 spiro atoms. The summed E-state index contributed by atoms with van der Waals surface area (Å²) < 4.78 is 41.9. The number of ether oxygens (including phenoxy) is 1.